The fourth-order valence-corrected chi connectivity index (χ4v) is 1.15. The first-order chi connectivity index (χ1) is 6.52. The molecule has 0 fully saturated rings. The molecule has 0 aromatic carbocycles. The summed E-state index contributed by atoms with van der Waals surface area (Å²) in [6.45, 7) is 6.46. The summed E-state index contributed by atoms with van der Waals surface area (Å²) in [5.41, 5.74) is 0. The molecule has 0 radical (unpaired) electrons. The van der Waals surface area contributed by atoms with Crippen LogP contribution in [0.3, 0.4) is 0 Å². The van der Waals surface area contributed by atoms with Gasteiger partial charge in [-0.3, -0.25) is 4.79 Å². The standard InChI is InChI=1S/C10H22N2O2/c1-7(2)9(6-13)12-10(14)8(3)5-11-4/h7-9,11,13H,5-6H2,1-4H3,(H,12,14). The molecule has 3 N–H and O–H groups in total. The van der Waals surface area contributed by atoms with Gasteiger partial charge in [-0.2, -0.15) is 0 Å². The molecule has 0 aromatic heterocycles. The number of carbonyl (C=O) groups excluding carboxylic acids is 1. The Bertz CT molecular complexity index is 172. The van der Waals surface area contributed by atoms with E-state index in [9.17, 15) is 4.79 Å². The second-order valence-corrected chi connectivity index (χ2v) is 4.00. The van der Waals surface area contributed by atoms with Gasteiger partial charge in [0.2, 0.25) is 5.91 Å². The van der Waals surface area contributed by atoms with E-state index in [4.69, 9.17) is 5.11 Å². The van der Waals surface area contributed by atoms with Gasteiger partial charge in [0.25, 0.3) is 0 Å². The molecule has 14 heavy (non-hydrogen) atoms. The zero-order chi connectivity index (χ0) is 11.1. The summed E-state index contributed by atoms with van der Waals surface area (Å²) in [7, 11) is 1.82. The monoisotopic (exact) mass is 202 g/mol. The van der Waals surface area contributed by atoms with Gasteiger partial charge in [0.1, 0.15) is 0 Å². The van der Waals surface area contributed by atoms with Crippen LogP contribution in [-0.2, 0) is 4.79 Å². The van der Waals surface area contributed by atoms with Gasteiger partial charge in [-0.05, 0) is 13.0 Å². The number of rotatable bonds is 6. The predicted molar refractivity (Wildman–Crippen MR) is 56.9 cm³/mol. The van der Waals surface area contributed by atoms with Gasteiger partial charge < -0.3 is 15.7 Å². The minimum atomic E-state index is -0.137. The summed E-state index contributed by atoms with van der Waals surface area (Å²) in [5.74, 6) is 0.186. The molecule has 2 atom stereocenters. The number of hydrogen-bond donors (Lipinski definition) is 3. The number of aliphatic hydroxyl groups excluding tert-OH is 1. The molecule has 4 heteroatoms. The zero-order valence-corrected chi connectivity index (χ0v) is 9.50. The third-order valence-corrected chi connectivity index (χ3v) is 2.29. The van der Waals surface area contributed by atoms with Crippen LogP contribution in [0.1, 0.15) is 20.8 Å². The Morgan fingerprint density at radius 3 is 2.29 bits per heavy atom. The third kappa shape index (κ3) is 4.58. The molecule has 0 aliphatic rings. The van der Waals surface area contributed by atoms with Gasteiger partial charge in [0.15, 0.2) is 0 Å². The lowest BCUT2D eigenvalue weighted by Crippen LogP contribution is -2.45. The Balaban J connectivity index is 4.01. The number of amides is 1. The summed E-state index contributed by atoms with van der Waals surface area (Å²) in [5, 5.41) is 14.8. The highest BCUT2D eigenvalue weighted by Crippen LogP contribution is 2.02. The molecule has 0 aromatic rings. The van der Waals surface area contributed by atoms with Crippen LogP contribution in [0.4, 0.5) is 0 Å². The van der Waals surface area contributed by atoms with Crippen LogP contribution in [0.2, 0.25) is 0 Å². The Morgan fingerprint density at radius 2 is 1.93 bits per heavy atom. The maximum Gasteiger partial charge on any atom is 0.224 e. The Kier molecular flexibility index (Phi) is 6.49. The van der Waals surface area contributed by atoms with Crippen LogP contribution < -0.4 is 10.6 Å². The zero-order valence-electron chi connectivity index (χ0n) is 9.50. The highest BCUT2D eigenvalue weighted by Gasteiger charge is 2.18. The van der Waals surface area contributed by atoms with Gasteiger partial charge in [-0.25, -0.2) is 0 Å². The molecule has 0 rings (SSSR count). The van der Waals surface area contributed by atoms with Crippen molar-refractivity contribution < 1.29 is 9.90 Å². The normalized spacial score (nSPS) is 15.3. The maximum absolute atomic E-state index is 11.5. The average Bonchev–Trinajstić information content (AvgIpc) is 2.13. The molecule has 84 valence electrons. The summed E-state index contributed by atoms with van der Waals surface area (Å²) < 4.78 is 0. The predicted octanol–water partition coefficient (Wildman–Crippen LogP) is -0.0250. The van der Waals surface area contributed by atoms with Crippen molar-refractivity contribution >= 4 is 5.91 Å². The molecule has 0 heterocycles. The largest absolute Gasteiger partial charge is 0.394 e. The Labute approximate surface area is 86.1 Å². The van der Waals surface area contributed by atoms with Crippen molar-refractivity contribution in [3.63, 3.8) is 0 Å². The smallest absolute Gasteiger partial charge is 0.224 e. The van der Waals surface area contributed by atoms with Crippen molar-refractivity contribution in [3.8, 4) is 0 Å². The van der Waals surface area contributed by atoms with E-state index in [1.165, 1.54) is 0 Å². The first kappa shape index (κ1) is 13.4. The van der Waals surface area contributed by atoms with Crippen LogP contribution in [0.25, 0.3) is 0 Å². The molecule has 2 unspecified atom stereocenters. The van der Waals surface area contributed by atoms with Crippen molar-refractivity contribution in [3.05, 3.63) is 0 Å². The van der Waals surface area contributed by atoms with E-state index in [0.29, 0.717) is 6.54 Å². The highest BCUT2D eigenvalue weighted by molar-refractivity contribution is 5.78. The van der Waals surface area contributed by atoms with Crippen molar-refractivity contribution in [1.82, 2.24) is 10.6 Å². The van der Waals surface area contributed by atoms with E-state index in [-0.39, 0.29) is 30.4 Å². The molecule has 0 bridgehead atoms. The van der Waals surface area contributed by atoms with Gasteiger partial charge in [0.05, 0.1) is 12.6 Å². The van der Waals surface area contributed by atoms with Crippen molar-refractivity contribution in [2.24, 2.45) is 11.8 Å². The molecular formula is C10H22N2O2. The molecule has 0 spiro atoms. The second-order valence-electron chi connectivity index (χ2n) is 4.00. The van der Waals surface area contributed by atoms with Gasteiger partial charge in [0, 0.05) is 12.5 Å². The molecule has 0 aliphatic heterocycles. The Hall–Kier alpha value is -0.610. The van der Waals surface area contributed by atoms with Gasteiger partial charge in [-0.1, -0.05) is 20.8 Å². The van der Waals surface area contributed by atoms with E-state index in [1.54, 1.807) is 0 Å². The van der Waals surface area contributed by atoms with Crippen LogP contribution in [0, 0.1) is 11.8 Å². The van der Waals surface area contributed by atoms with Crippen LogP contribution in [0.15, 0.2) is 0 Å². The lowest BCUT2D eigenvalue weighted by Gasteiger charge is -2.22. The molecule has 0 saturated carbocycles. The fraction of sp³-hybridized carbons (Fsp3) is 0.900. The van der Waals surface area contributed by atoms with Crippen LogP contribution >= 0.6 is 0 Å². The molecular weight excluding hydrogens is 180 g/mol. The first-order valence-electron chi connectivity index (χ1n) is 5.08. The highest BCUT2D eigenvalue weighted by atomic mass is 16.3. The van der Waals surface area contributed by atoms with Crippen LogP contribution in [-0.4, -0.2) is 37.3 Å². The third-order valence-electron chi connectivity index (χ3n) is 2.29. The quantitative estimate of drug-likeness (QED) is 0.567. The van der Waals surface area contributed by atoms with E-state index in [1.807, 2.05) is 27.8 Å². The van der Waals surface area contributed by atoms with Gasteiger partial charge >= 0.3 is 0 Å². The first-order valence-corrected chi connectivity index (χ1v) is 5.08. The second kappa shape index (κ2) is 6.79. The summed E-state index contributed by atoms with van der Waals surface area (Å²) >= 11 is 0. The van der Waals surface area contributed by atoms with Crippen molar-refractivity contribution in [2.75, 3.05) is 20.2 Å². The SMILES string of the molecule is CNCC(C)C(=O)NC(CO)C(C)C. The number of nitrogens with one attached hydrogen (secondary N) is 2. The average molecular weight is 202 g/mol. The fourth-order valence-electron chi connectivity index (χ4n) is 1.15. The minimum Gasteiger partial charge on any atom is -0.394 e. The van der Waals surface area contributed by atoms with E-state index >= 15 is 0 Å². The molecule has 0 saturated heterocycles. The molecule has 4 nitrogen and oxygen atoms in total. The molecule has 0 aliphatic carbocycles. The number of carbonyl (C=O) groups is 1. The maximum atomic E-state index is 11.5. The summed E-state index contributed by atoms with van der Waals surface area (Å²) in [6.07, 6.45) is 0. The van der Waals surface area contributed by atoms with E-state index in [2.05, 4.69) is 10.6 Å². The summed E-state index contributed by atoms with van der Waals surface area (Å²) in [4.78, 5) is 11.5. The van der Waals surface area contributed by atoms with Crippen molar-refractivity contribution in [2.45, 2.75) is 26.8 Å². The van der Waals surface area contributed by atoms with Gasteiger partial charge in [-0.15, -0.1) is 0 Å². The lowest BCUT2D eigenvalue weighted by atomic mass is 10.0. The van der Waals surface area contributed by atoms with E-state index < -0.39 is 0 Å². The summed E-state index contributed by atoms with van der Waals surface area (Å²) in [6, 6.07) is -0.137. The van der Waals surface area contributed by atoms with E-state index in [0.717, 1.165) is 0 Å². The topological polar surface area (TPSA) is 61.4 Å². The number of aliphatic hydroxyl groups is 1. The molecule has 1 amide bonds. The number of hydrogen-bond acceptors (Lipinski definition) is 3. The van der Waals surface area contributed by atoms with Crippen LogP contribution in [0.5, 0.6) is 0 Å². The lowest BCUT2D eigenvalue weighted by molar-refractivity contribution is -0.125. The Morgan fingerprint density at radius 1 is 1.36 bits per heavy atom. The van der Waals surface area contributed by atoms with Crippen molar-refractivity contribution in [1.29, 1.82) is 0 Å². The minimum absolute atomic E-state index is 0.00429.